The molecule has 0 unspecified atom stereocenters. The van der Waals surface area contributed by atoms with Gasteiger partial charge in [-0.2, -0.15) is 0 Å². The van der Waals surface area contributed by atoms with Gasteiger partial charge in [0.15, 0.2) is 0 Å². The van der Waals surface area contributed by atoms with E-state index in [0.717, 1.165) is 49.1 Å². The molecule has 1 aliphatic heterocycles. The summed E-state index contributed by atoms with van der Waals surface area (Å²) in [6.07, 6.45) is 1.62. The van der Waals surface area contributed by atoms with E-state index in [1.165, 1.54) is 0 Å². The zero-order valence-electron chi connectivity index (χ0n) is 11.5. The Kier molecular flexibility index (Phi) is 3.78. The van der Waals surface area contributed by atoms with Gasteiger partial charge in [0.1, 0.15) is 17.9 Å². The number of aromatic nitrogens is 2. The van der Waals surface area contributed by atoms with Crippen molar-refractivity contribution in [3.63, 3.8) is 0 Å². The van der Waals surface area contributed by atoms with Crippen LogP contribution in [0.25, 0.3) is 11.3 Å². The molecule has 2 heterocycles. The topological polar surface area (TPSA) is 47.5 Å². The standard InChI is InChI=1S/C15H17N3O2/c1-19-13-4-2-12(3-5-13)14-10-15(17-11-16-14)18-6-8-20-9-7-18/h2-5,10-11H,6-9H2,1H3. The van der Waals surface area contributed by atoms with Gasteiger partial charge >= 0.3 is 0 Å². The predicted molar refractivity (Wildman–Crippen MR) is 77.1 cm³/mol. The van der Waals surface area contributed by atoms with Crippen LogP contribution in [-0.2, 0) is 4.74 Å². The summed E-state index contributed by atoms with van der Waals surface area (Å²) in [5.41, 5.74) is 1.98. The maximum Gasteiger partial charge on any atom is 0.132 e. The van der Waals surface area contributed by atoms with Crippen molar-refractivity contribution in [2.75, 3.05) is 38.3 Å². The highest BCUT2D eigenvalue weighted by molar-refractivity contribution is 5.63. The molecule has 0 spiro atoms. The molecule has 0 bridgehead atoms. The molecular weight excluding hydrogens is 254 g/mol. The first-order chi connectivity index (χ1) is 9.86. The monoisotopic (exact) mass is 271 g/mol. The lowest BCUT2D eigenvalue weighted by atomic mass is 10.1. The molecular formula is C15H17N3O2. The molecule has 0 amide bonds. The third-order valence-electron chi connectivity index (χ3n) is 3.37. The van der Waals surface area contributed by atoms with Gasteiger partial charge in [-0.3, -0.25) is 0 Å². The second-order valence-corrected chi connectivity index (χ2v) is 4.59. The van der Waals surface area contributed by atoms with Crippen LogP contribution in [0.2, 0.25) is 0 Å². The second kappa shape index (κ2) is 5.88. The van der Waals surface area contributed by atoms with Crippen LogP contribution in [0.15, 0.2) is 36.7 Å². The molecule has 5 nitrogen and oxygen atoms in total. The average Bonchev–Trinajstić information content (AvgIpc) is 2.56. The molecule has 1 aliphatic rings. The molecule has 0 aliphatic carbocycles. The minimum Gasteiger partial charge on any atom is -0.497 e. The number of ether oxygens (including phenoxy) is 2. The van der Waals surface area contributed by atoms with Gasteiger partial charge < -0.3 is 14.4 Å². The fraction of sp³-hybridized carbons (Fsp3) is 0.333. The number of hydrogen-bond donors (Lipinski definition) is 0. The van der Waals surface area contributed by atoms with Crippen molar-refractivity contribution in [2.24, 2.45) is 0 Å². The van der Waals surface area contributed by atoms with Crippen LogP contribution >= 0.6 is 0 Å². The zero-order chi connectivity index (χ0) is 13.8. The summed E-state index contributed by atoms with van der Waals surface area (Å²) >= 11 is 0. The molecule has 20 heavy (non-hydrogen) atoms. The largest absolute Gasteiger partial charge is 0.497 e. The Morgan fingerprint density at radius 3 is 2.55 bits per heavy atom. The van der Waals surface area contributed by atoms with E-state index >= 15 is 0 Å². The van der Waals surface area contributed by atoms with Crippen LogP contribution < -0.4 is 9.64 Å². The minimum absolute atomic E-state index is 0.752. The predicted octanol–water partition coefficient (Wildman–Crippen LogP) is 1.99. The minimum atomic E-state index is 0.752. The molecule has 3 rings (SSSR count). The Hall–Kier alpha value is -2.14. The summed E-state index contributed by atoms with van der Waals surface area (Å²) in [4.78, 5) is 10.9. The van der Waals surface area contributed by atoms with Crippen LogP contribution in [0.3, 0.4) is 0 Å². The molecule has 1 aromatic carbocycles. The number of methoxy groups -OCH3 is 1. The van der Waals surface area contributed by atoms with Crippen molar-refractivity contribution in [1.29, 1.82) is 0 Å². The first-order valence-corrected chi connectivity index (χ1v) is 6.66. The molecule has 104 valence electrons. The quantitative estimate of drug-likeness (QED) is 0.854. The van der Waals surface area contributed by atoms with Gasteiger partial charge in [0, 0.05) is 24.7 Å². The Labute approximate surface area is 118 Å². The number of benzene rings is 1. The van der Waals surface area contributed by atoms with Crippen LogP contribution in [0.1, 0.15) is 0 Å². The summed E-state index contributed by atoms with van der Waals surface area (Å²) < 4.78 is 10.5. The van der Waals surface area contributed by atoms with E-state index in [2.05, 4.69) is 14.9 Å². The van der Waals surface area contributed by atoms with Crippen molar-refractivity contribution in [3.05, 3.63) is 36.7 Å². The van der Waals surface area contributed by atoms with Crippen molar-refractivity contribution in [3.8, 4) is 17.0 Å². The summed E-state index contributed by atoms with van der Waals surface area (Å²) in [5, 5.41) is 0. The Balaban J connectivity index is 1.85. The number of anilines is 1. The lowest BCUT2D eigenvalue weighted by Crippen LogP contribution is -2.36. The molecule has 1 fully saturated rings. The molecule has 0 atom stereocenters. The number of nitrogens with zero attached hydrogens (tertiary/aromatic N) is 3. The van der Waals surface area contributed by atoms with E-state index in [9.17, 15) is 0 Å². The third kappa shape index (κ3) is 2.72. The Morgan fingerprint density at radius 2 is 1.85 bits per heavy atom. The molecule has 1 aromatic heterocycles. The van der Waals surface area contributed by atoms with E-state index < -0.39 is 0 Å². The molecule has 1 saturated heterocycles. The van der Waals surface area contributed by atoms with Gasteiger partial charge in [0.05, 0.1) is 26.0 Å². The third-order valence-corrected chi connectivity index (χ3v) is 3.37. The highest BCUT2D eigenvalue weighted by Gasteiger charge is 2.13. The molecule has 0 N–H and O–H groups in total. The number of rotatable bonds is 3. The normalized spacial score (nSPS) is 15.2. The maximum atomic E-state index is 5.36. The first kappa shape index (κ1) is 12.9. The molecule has 0 radical (unpaired) electrons. The molecule has 2 aromatic rings. The smallest absolute Gasteiger partial charge is 0.132 e. The zero-order valence-corrected chi connectivity index (χ0v) is 11.5. The fourth-order valence-electron chi connectivity index (χ4n) is 2.23. The fourth-order valence-corrected chi connectivity index (χ4v) is 2.23. The second-order valence-electron chi connectivity index (χ2n) is 4.59. The lowest BCUT2D eigenvalue weighted by Gasteiger charge is -2.27. The SMILES string of the molecule is COc1ccc(-c2cc(N3CCOCC3)ncn2)cc1. The summed E-state index contributed by atoms with van der Waals surface area (Å²) in [5.74, 6) is 1.80. The number of morpholine rings is 1. The molecule has 5 heteroatoms. The first-order valence-electron chi connectivity index (χ1n) is 6.66. The summed E-state index contributed by atoms with van der Waals surface area (Å²) in [7, 11) is 1.66. The van der Waals surface area contributed by atoms with Gasteiger partial charge in [-0.05, 0) is 24.3 Å². The van der Waals surface area contributed by atoms with Crippen molar-refractivity contribution in [2.45, 2.75) is 0 Å². The molecule has 0 saturated carbocycles. The highest BCUT2D eigenvalue weighted by Crippen LogP contribution is 2.23. The number of hydrogen-bond acceptors (Lipinski definition) is 5. The Bertz CT molecular complexity index is 566. The van der Waals surface area contributed by atoms with E-state index in [4.69, 9.17) is 9.47 Å². The highest BCUT2D eigenvalue weighted by atomic mass is 16.5. The van der Waals surface area contributed by atoms with Gasteiger partial charge in [-0.1, -0.05) is 0 Å². The van der Waals surface area contributed by atoms with Gasteiger partial charge in [-0.25, -0.2) is 9.97 Å². The summed E-state index contributed by atoms with van der Waals surface area (Å²) in [6.45, 7) is 3.25. The van der Waals surface area contributed by atoms with E-state index in [1.54, 1.807) is 13.4 Å². The van der Waals surface area contributed by atoms with Crippen LogP contribution in [0.5, 0.6) is 5.75 Å². The van der Waals surface area contributed by atoms with Crippen LogP contribution in [0, 0.1) is 0 Å². The van der Waals surface area contributed by atoms with Gasteiger partial charge in [0.2, 0.25) is 0 Å². The van der Waals surface area contributed by atoms with Crippen molar-refractivity contribution in [1.82, 2.24) is 9.97 Å². The van der Waals surface area contributed by atoms with Crippen molar-refractivity contribution >= 4 is 5.82 Å². The van der Waals surface area contributed by atoms with Crippen LogP contribution in [-0.4, -0.2) is 43.4 Å². The summed E-state index contributed by atoms with van der Waals surface area (Å²) in [6, 6.07) is 9.90. The Morgan fingerprint density at radius 1 is 1.10 bits per heavy atom. The van der Waals surface area contributed by atoms with Gasteiger partial charge in [0.25, 0.3) is 0 Å². The van der Waals surface area contributed by atoms with E-state index in [1.807, 2.05) is 30.3 Å². The van der Waals surface area contributed by atoms with E-state index in [0.29, 0.717) is 0 Å². The van der Waals surface area contributed by atoms with E-state index in [-0.39, 0.29) is 0 Å². The van der Waals surface area contributed by atoms with Crippen LogP contribution in [0.4, 0.5) is 5.82 Å². The van der Waals surface area contributed by atoms with Gasteiger partial charge in [-0.15, -0.1) is 0 Å². The van der Waals surface area contributed by atoms with Crippen molar-refractivity contribution < 1.29 is 9.47 Å². The maximum absolute atomic E-state index is 5.36. The lowest BCUT2D eigenvalue weighted by molar-refractivity contribution is 0.122. The average molecular weight is 271 g/mol.